The second kappa shape index (κ2) is 9.18. The van der Waals surface area contributed by atoms with Crippen molar-refractivity contribution < 1.29 is 4.79 Å². The van der Waals surface area contributed by atoms with Crippen LogP contribution in [0.4, 0.5) is 0 Å². The van der Waals surface area contributed by atoms with Crippen LogP contribution in [0.25, 0.3) is 0 Å². The molecule has 3 aromatic carbocycles. The fraction of sp³-hybridized carbons (Fsp3) is 0.208. The molecule has 0 radical (unpaired) electrons. The zero-order valence-corrected chi connectivity index (χ0v) is 18.3. The normalized spacial score (nSPS) is 11.3. The summed E-state index contributed by atoms with van der Waals surface area (Å²) in [5, 5.41) is 0. The van der Waals surface area contributed by atoms with E-state index in [-0.39, 0.29) is 0 Å². The standard InChI is InChI=1S/C6H11O.3C6H5.Sn/c1-3-4-5-6(2)7;3*1-2-4-6-5-3-1;/h1,3-5H2,2H3;3*1-5H;. The van der Waals surface area contributed by atoms with Gasteiger partial charge in [0.2, 0.25) is 0 Å². The van der Waals surface area contributed by atoms with Crippen molar-refractivity contribution in [2.45, 2.75) is 30.6 Å². The Morgan fingerprint density at radius 1 is 0.654 bits per heavy atom. The summed E-state index contributed by atoms with van der Waals surface area (Å²) in [6, 6.07) is 33.2. The Labute approximate surface area is 161 Å². The van der Waals surface area contributed by atoms with Gasteiger partial charge in [-0.15, -0.1) is 0 Å². The molecule has 0 heterocycles. The van der Waals surface area contributed by atoms with Crippen molar-refractivity contribution in [3.63, 3.8) is 0 Å². The molecule has 0 saturated carbocycles. The van der Waals surface area contributed by atoms with Gasteiger partial charge in [0.25, 0.3) is 0 Å². The number of hydrogen-bond acceptors (Lipinski definition) is 1. The van der Waals surface area contributed by atoms with Gasteiger partial charge in [-0.25, -0.2) is 0 Å². The van der Waals surface area contributed by atoms with Crippen molar-refractivity contribution in [3.8, 4) is 0 Å². The average Bonchev–Trinajstić information content (AvgIpc) is 2.70. The molecule has 0 aromatic heterocycles. The summed E-state index contributed by atoms with van der Waals surface area (Å²) >= 11 is -3.09. The number of carbonyl (C=O) groups excluding carboxylic acids is 1. The Bertz CT molecular complexity index is 716. The molecule has 132 valence electrons. The summed E-state index contributed by atoms with van der Waals surface area (Å²) in [7, 11) is 0. The molecule has 0 atom stereocenters. The number of ketones is 1. The van der Waals surface area contributed by atoms with Gasteiger partial charge in [-0.2, -0.15) is 0 Å². The first-order chi connectivity index (χ1) is 12.7. The second-order valence-corrected chi connectivity index (χ2v) is 18.5. The maximum absolute atomic E-state index is 11.4. The quantitative estimate of drug-likeness (QED) is 0.377. The van der Waals surface area contributed by atoms with Crippen LogP contribution in [0.5, 0.6) is 0 Å². The second-order valence-electron chi connectivity index (χ2n) is 6.91. The molecule has 0 aliphatic carbocycles. The molecule has 2 heteroatoms. The van der Waals surface area contributed by atoms with E-state index in [1.165, 1.54) is 15.2 Å². The summed E-state index contributed by atoms with van der Waals surface area (Å²) in [4.78, 5) is 11.4. The average molecular weight is 449 g/mol. The van der Waals surface area contributed by atoms with Crippen LogP contribution >= 0.6 is 0 Å². The molecule has 0 amide bonds. The van der Waals surface area contributed by atoms with Gasteiger partial charge in [0.15, 0.2) is 0 Å². The third-order valence-corrected chi connectivity index (χ3v) is 19.6. The summed E-state index contributed by atoms with van der Waals surface area (Å²) in [6.45, 7) is 1.70. The van der Waals surface area contributed by atoms with E-state index in [9.17, 15) is 4.79 Å². The van der Waals surface area contributed by atoms with Crippen LogP contribution in [0.2, 0.25) is 4.44 Å². The summed E-state index contributed by atoms with van der Waals surface area (Å²) < 4.78 is 5.74. The van der Waals surface area contributed by atoms with E-state index in [0.29, 0.717) is 12.2 Å². The number of rotatable bonds is 8. The molecule has 3 aromatic rings. The minimum atomic E-state index is -3.09. The summed E-state index contributed by atoms with van der Waals surface area (Å²) in [6.07, 6.45) is 2.79. The molecule has 0 aliphatic rings. The Morgan fingerprint density at radius 3 is 1.38 bits per heavy atom. The van der Waals surface area contributed by atoms with Crippen LogP contribution in [-0.2, 0) is 4.79 Å². The summed E-state index contributed by atoms with van der Waals surface area (Å²) in [5.74, 6) is 0.296. The van der Waals surface area contributed by atoms with Crippen molar-refractivity contribution in [1.82, 2.24) is 0 Å². The molecule has 26 heavy (non-hydrogen) atoms. The predicted octanol–water partition coefficient (Wildman–Crippen LogP) is 3.92. The molecular formula is C24H26OSn. The topological polar surface area (TPSA) is 17.1 Å². The molecule has 0 spiro atoms. The van der Waals surface area contributed by atoms with Crippen LogP contribution < -0.4 is 10.7 Å². The molecule has 1 nitrogen and oxygen atoms in total. The van der Waals surface area contributed by atoms with E-state index in [4.69, 9.17) is 0 Å². The minimum absolute atomic E-state index is 0.296. The van der Waals surface area contributed by atoms with Gasteiger partial charge in [-0.1, -0.05) is 0 Å². The van der Waals surface area contributed by atoms with Crippen LogP contribution in [-0.4, -0.2) is 24.2 Å². The van der Waals surface area contributed by atoms with Crippen LogP contribution in [0.1, 0.15) is 26.2 Å². The third-order valence-electron chi connectivity index (χ3n) is 5.13. The fourth-order valence-electron chi connectivity index (χ4n) is 3.87. The zero-order valence-electron chi connectivity index (χ0n) is 15.4. The molecule has 0 N–H and O–H groups in total. The van der Waals surface area contributed by atoms with E-state index in [1.54, 1.807) is 6.92 Å². The van der Waals surface area contributed by atoms with E-state index in [2.05, 4.69) is 91.0 Å². The molecule has 0 bridgehead atoms. The monoisotopic (exact) mass is 450 g/mol. The van der Waals surface area contributed by atoms with Crippen molar-refractivity contribution in [1.29, 1.82) is 0 Å². The fourth-order valence-corrected chi connectivity index (χ4v) is 17.9. The first-order valence-electron chi connectivity index (χ1n) is 9.39. The van der Waals surface area contributed by atoms with Gasteiger partial charge in [0.05, 0.1) is 0 Å². The first-order valence-corrected chi connectivity index (χ1v) is 15.7. The molecule has 3 rings (SSSR count). The van der Waals surface area contributed by atoms with Crippen LogP contribution in [0.3, 0.4) is 0 Å². The first kappa shape index (κ1) is 18.9. The van der Waals surface area contributed by atoms with Gasteiger partial charge in [-0.3, -0.25) is 0 Å². The Balaban J connectivity index is 2.10. The molecule has 0 aliphatic heterocycles. The van der Waals surface area contributed by atoms with Gasteiger partial charge < -0.3 is 0 Å². The van der Waals surface area contributed by atoms with Crippen molar-refractivity contribution in [3.05, 3.63) is 91.0 Å². The van der Waals surface area contributed by atoms with Gasteiger partial charge in [-0.05, 0) is 0 Å². The van der Waals surface area contributed by atoms with E-state index < -0.39 is 18.4 Å². The van der Waals surface area contributed by atoms with Crippen LogP contribution in [0.15, 0.2) is 91.0 Å². The van der Waals surface area contributed by atoms with E-state index >= 15 is 0 Å². The number of benzene rings is 3. The van der Waals surface area contributed by atoms with Gasteiger partial charge >= 0.3 is 161 Å². The van der Waals surface area contributed by atoms with Crippen LogP contribution in [0, 0.1) is 0 Å². The SMILES string of the molecule is CC(=O)CCC[CH2][Sn]([c]1ccccc1)([c]1ccccc1)[c]1ccccc1. The zero-order chi connectivity index (χ0) is 18.2. The Hall–Kier alpha value is -1.87. The number of unbranched alkanes of at least 4 members (excludes halogenated alkanes) is 1. The van der Waals surface area contributed by atoms with Gasteiger partial charge in [0, 0.05) is 0 Å². The van der Waals surface area contributed by atoms with Crippen molar-refractivity contribution in [2.75, 3.05) is 0 Å². The Morgan fingerprint density at radius 2 is 1.04 bits per heavy atom. The van der Waals surface area contributed by atoms with Gasteiger partial charge in [0.1, 0.15) is 0 Å². The number of hydrogen-bond donors (Lipinski definition) is 0. The van der Waals surface area contributed by atoms with E-state index in [0.717, 1.165) is 12.8 Å². The number of carbonyl (C=O) groups is 1. The van der Waals surface area contributed by atoms with Crippen molar-refractivity contribution >= 4 is 34.9 Å². The third kappa shape index (κ3) is 4.26. The number of Topliss-reactive ketones (excluding diaryl/α,β-unsaturated/α-hetero) is 1. The summed E-state index contributed by atoms with van der Waals surface area (Å²) in [5.41, 5.74) is 0. The van der Waals surface area contributed by atoms with Crippen molar-refractivity contribution in [2.24, 2.45) is 0 Å². The maximum atomic E-state index is 11.4. The molecule has 0 unspecified atom stereocenters. The molecule has 0 saturated heterocycles. The predicted molar refractivity (Wildman–Crippen MR) is 113 cm³/mol. The molecule has 0 fully saturated rings. The Kier molecular flexibility index (Phi) is 6.67. The van der Waals surface area contributed by atoms with E-state index in [1.807, 2.05) is 0 Å². The molecular weight excluding hydrogens is 423 g/mol.